The first-order valence-electron chi connectivity index (χ1n) is 5.09. The van der Waals surface area contributed by atoms with Gasteiger partial charge in [0.05, 0.1) is 15.7 Å². The third kappa shape index (κ3) is 4.00. The number of halogens is 2. The van der Waals surface area contributed by atoms with Crippen LogP contribution in [0.15, 0.2) is 18.2 Å². The molecule has 0 saturated carbocycles. The van der Waals surface area contributed by atoms with E-state index in [2.05, 4.69) is 5.32 Å². The van der Waals surface area contributed by atoms with E-state index in [9.17, 15) is 4.79 Å². The first kappa shape index (κ1) is 13.3. The number of hydrogen-bond acceptors (Lipinski definition) is 2. The van der Waals surface area contributed by atoms with E-state index in [4.69, 9.17) is 28.9 Å². The predicted octanol–water partition coefficient (Wildman–Crippen LogP) is 3.06. The first-order chi connectivity index (χ1) is 7.65. The molecular weight excluding hydrogens is 247 g/mol. The molecule has 0 heterocycles. The minimum absolute atomic E-state index is 0.0717. The van der Waals surface area contributed by atoms with E-state index in [0.717, 1.165) is 12.8 Å². The molecule has 5 heteroatoms. The molecule has 1 amide bonds. The summed E-state index contributed by atoms with van der Waals surface area (Å²) in [7, 11) is 0. The monoisotopic (exact) mass is 260 g/mol. The number of amides is 1. The van der Waals surface area contributed by atoms with Crippen molar-refractivity contribution in [2.75, 3.05) is 11.9 Å². The lowest BCUT2D eigenvalue weighted by Gasteiger charge is -2.07. The highest BCUT2D eigenvalue weighted by Gasteiger charge is 2.07. The number of carbonyl (C=O) groups is 1. The topological polar surface area (TPSA) is 55.1 Å². The molecule has 0 unspecified atom stereocenters. The second-order valence-electron chi connectivity index (χ2n) is 3.40. The maximum Gasteiger partial charge on any atom is 0.224 e. The van der Waals surface area contributed by atoms with Crippen molar-refractivity contribution in [1.29, 1.82) is 0 Å². The van der Waals surface area contributed by atoms with Crippen molar-refractivity contribution in [2.24, 2.45) is 5.73 Å². The molecule has 88 valence electrons. The number of nitrogens with two attached hydrogens (primary N) is 1. The molecule has 16 heavy (non-hydrogen) atoms. The Labute approximate surface area is 105 Å². The molecule has 1 aromatic rings. The van der Waals surface area contributed by atoms with Crippen LogP contribution in [0.5, 0.6) is 0 Å². The minimum Gasteiger partial charge on any atom is -0.330 e. The molecule has 0 bridgehead atoms. The molecule has 0 spiro atoms. The van der Waals surface area contributed by atoms with Gasteiger partial charge in [0.15, 0.2) is 0 Å². The van der Waals surface area contributed by atoms with Crippen molar-refractivity contribution >= 4 is 34.8 Å². The summed E-state index contributed by atoms with van der Waals surface area (Å²) in [6.45, 7) is 0.602. The zero-order valence-corrected chi connectivity index (χ0v) is 10.3. The van der Waals surface area contributed by atoms with Crippen LogP contribution in [0.1, 0.15) is 19.3 Å². The number of rotatable bonds is 5. The van der Waals surface area contributed by atoms with Crippen LogP contribution in [0.25, 0.3) is 0 Å². The molecule has 0 aliphatic carbocycles. The Morgan fingerprint density at radius 1 is 1.31 bits per heavy atom. The average molecular weight is 261 g/mol. The summed E-state index contributed by atoms with van der Waals surface area (Å²) in [5, 5.41) is 3.52. The number of unbranched alkanes of at least 4 members (excludes halogenated alkanes) is 1. The Morgan fingerprint density at radius 2 is 2.06 bits per heavy atom. The lowest BCUT2D eigenvalue weighted by Crippen LogP contribution is -2.12. The van der Waals surface area contributed by atoms with Crippen LogP contribution in [0.4, 0.5) is 5.69 Å². The van der Waals surface area contributed by atoms with Crippen molar-refractivity contribution in [3.8, 4) is 0 Å². The van der Waals surface area contributed by atoms with Gasteiger partial charge < -0.3 is 11.1 Å². The van der Waals surface area contributed by atoms with Crippen LogP contribution in [-0.4, -0.2) is 12.5 Å². The fourth-order valence-electron chi connectivity index (χ4n) is 1.24. The van der Waals surface area contributed by atoms with E-state index in [1.807, 2.05) is 0 Å². The molecule has 1 rings (SSSR count). The minimum atomic E-state index is -0.0717. The van der Waals surface area contributed by atoms with Gasteiger partial charge in [-0.05, 0) is 31.5 Å². The molecule has 0 aromatic heterocycles. The molecular formula is C11H14Cl2N2O. The molecule has 0 aliphatic rings. The zero-order valence-electron chi connectivity index (χ0n) is 8.80. The van der Waals surface area contributed by atoms with Crippen molar-refractivity contribution in [1.82, 2.24) is 0 Å². The van der Waals surface area contributed by atoms with Crippen molar-refractivity contribution in [3.05, 3.63) is 28.2 Å². The lowest BCUT2D eigenvalue weighted by molar-refractivity contribution is -0.116. The summed E-state index contributed by atoms with van der Waals surface area (Å²) in [5.74, 6) is -0.0717. The number of anilines is 1. The quantitative estimate of drug-likeness (QED) is 0.800. The third-order valence-corrected chi connectivity index (χ3v) is 2.90. The highest BCUT2D eigenvalue weighted by Crippen LogP contribution is 2.29. The van der Waals surface area contributed by atoms with E-state index in [-0.39, 0.29) is 5.91 Å². The van der Waals surface area contributed by atoms with E-state index < -0.39 is 0 Å². The van der Waals surface area contributed by atoms with Crippen LogP contribution >= 0.6 is 23.2 Å². The molecule has 0 radical (unpaired) electrons. The van der Waals surface area contributed by atoms with Crippen molar-refractivity contribution in [3.63, 3.8) is 0 Å². The molecule has 0 atom stereocenters. The second kappa shape index (κ2) is 6.74. The fraction of sp³-hybridized carbons (Fsp3) is 0.364. The summed E-state index contributed by atoms with van der Waals surface area (Å²) in [6.07, 6.45) is 2.07. The highest BCUT2D eigenvalue weighted by atomic mass is 35.5. The highest BCUT2D eigenvalue weighted by molar-refractivity contribution is 6.43. The van der Waals surface area contributed by atoms with Gasteiger partial charge in [0.25, 0.3) is 0 Å². The summed E-state index contributed by atoms with van der Waals surface area (Å²) in [4.78, 5) is 11.5. The van der Waals surface area contributed by atoms with Crippen LogP contribution < -0.4 is 11.1 Å². The van der Waals surface area contributed by atoms with E-state index in [1.165, 1.54) is 0 Å². The summed E-state index contributed by atoms with van der Waals surface area (Å²) < 4.78 is 0. The maximum atomic E-state index is 11.5. The Kier molecular flexibility index (Phi) is 5.60. The van der Waals surface area contributed by atoms with Gasteiger partial charge in [0, 0.05) is 6.42 Å². The molecule has 3 nitrogen and oxygen atoms in total. The predicted molar refractivity (Wildman–Crippen MR) is 68.0 cm³/mol. The smallest absolute Gasteiger partial charge is 0.224 e. The van der Waals surface area contributed by atoms with Gasteiger partial charge in [-0.1, -0.05) is 29.3 Å². The van der Waals surface area contributed by atoms with Gasteiger partial charge >= 0.3 is 0 Å². The van der Waals surface area contributed by atoms with Crippen molar-refractivity contribution in [2.45, 2.75) is 19.3 Å². The average Bonchev–Trinajstić information content (AvgIpc) is 2.25. The normalized spacial score (nSPS) is 10.2. The van der Waals surface area contributed by atoms with Gasteiger partial charge in [-0.2, -0.15) is 0 Å². The number of carbonyl (C=O) groups excluding carboxylic acids is 1. The Bertz CT molecular complexity index is 369. The number of hydrogen-bond donors (Lipinski definition) is 2. The fourth-order valence-corrected chi connectivity index (χ4v) is 1.59. The summed E-state index contributed by atoms with van der Waals surface area (Å²) >= 11 is 11.8. The number of nitrogens with one attached hydrogen (secondary N) is 1. The van der Waals surface area contributed by atoms with E-state index in [0.29, 0.717) is 28.7 Å². The number of benzene rings is 1. The zero-order chi connectivity index (χ0) is 12.0. The standard InChI is InChI=1S/C11H14Cl2N2O/c12-8-4-3-5-9(11(8)13)15-10(16)6-1-2-7-14/h3-5H,1-2,6-7,14H2,(H,15,16). The second-order valence-corrected chi connectivity index (χ2v) is 4.18. The van der Waals surface area contributed by atoms with Crippen LogP contribution in [0, 0.1) is 0 Å². The van der Waals surface area contributed by atoms with Gasteiger partial charge in [0.2, 0.25) is 5.91 Å². The van der Waals surface area contributed by atoms with Crippen LogP contribution in [-0.2, 0) is 4.79 Å². The maximum absolute atomic E-state index is 11.5. The lowest BCUT2D eigenvalue weighted by atomic mass is 10.2. The van der Waals surface area contributed by atoms with E-state index >= 15 is 0 Å². The van der Waals surface area contributed by atoms with Gasteiger partial charge in [-0.25, -0.2) is 0 Å². The Balaban J connectivity index is 2.53. The summed E-state index contributed by atoms with van der Waals surface area (Å²) in [6, 6.07) is 5.13. The molecule has 0 fully saturated rings. The molecule has 3 N–H and O–H groups in total. The largest absolute Gasteiger partial charge is 0.330 e. The van der Waals surface area contributed by atoms with E-state index in [1.54, 1.807) is 18.2 Å². The SMILES string of the molecule is NCCCCC(=O)Nc1cccc(Cl)c1Cl. The Hall–Kier alpha value is -0.770. The summed E-state index contributed by atoms with van der Waals surface area (Å²) in [5.41, 5.74) is 5.89. The Morgan fingerprint density at radius 3 is 2.75 bits per heavy atom. The van der Waals surface area contributed by atoms with Crippen LogP contribution in [0.2, 0.25) is 10.0 Å². The third-order valence-electron chi connectivity index (χ3n) is 2.08. The molecule has 1 aromatic carbocycles. The van der Waals surface area contributed by atoms with Gasteiger partial charge in [-0.15, -0.1) is 0 Å². The molecule has 0 saturated heterocycles. The van der Waals surface area contributed by atoms with Crippen molar-refractivity contribution < 1.29 is 4.79 Å². The van der Waals surface area contributed by atoms with Crippen LogP contribution in [0.3, 0.4) is 0 Å². The first-order valence-corrected chi connectivity index (χ1v) is 5.84. The molecule has 0 aliphatic heterocycles. The van der Waals surface area contributed by atoms with Gasteiger partial charge in [-0.3, -0.25) is 4.79 Å². The van der Waals surface area contributed by atoms with Gasteiger partial charge in [0.1, 0.15) is 0 Å².